The number of carbonyl (C=O) groups is 1. The van der Waals surface area contributed by atoms with Crippen molar-refractivity contribution in [3.8, 4) is 0 Å². The first kappa shape index (κ1) is 13.6. The lowest BCUT2D eigenvalue weighted by Crippen LogP contribution is -2.36. The molecule has 2 heterocycles. The highest BCUT2D eigenvalue weighted by atomic mass is 79.9. The van der Waals surface area contributed by atoms with Gasteiger partial charge in [0.2, 0.25) is 0 Å². The SMILES string of the molecule is O=C(c1cc(Cl)ccc1Br)N1CCc2ncccc2C1. The van der Waals surface area contributed by atoms with E-state index in [1.807, 2.05) is 17.0 Å². The molecule has 20 heavy (non-hydrogen) atoms. The van der Waals surface area contributed by atoms with Crippen LogP contribution in [0.3, 0.4) is 0 Å². The van der Waals surface area contributed by atoms with Gasteiger partial charge in [0.25, 0.3) is 5.91 Å². The zero-order valence-corrected chi connectivity index (χ0v) is 13.0. The van der Waals surface area contributed by atoms with Crippen LogP contribution in [-0.2, 0) is 13.0 Å². The van der Waals surface area contributed by atoms with Crippen LogP contribution < -0.4 is 0 Å². The smallest absolute Gasteiger partial charge is 0.255 e. The molecule has 102 valence electrons. The van der Waals surface area contributed by atoms with Crippen LogP contribution in [-0.4, -0.2) is 22.3 Å². The molecule has 0 spiro atoms. The van der Waals surface area contributed by atoms with Crippen molar-refractivity contribution in [2.75, 3.05) is 6.54 Å². The lowest BCUT2D eigenvalue weighted by atomic mass is 10.0. The number of pyridine rings is 1. The predicted molar refractivity (Wildman–Crippen MR) is 81.8 cm³/mol. The number of amides is 1. The number of hydrogen-bond donors (Lipinski definition) is 0. The summed E-state index contributed by atoms with van der Waals surface area (Å²) in [6.45, 7) is 1.28. The van der Waals surface area contributed by atoms with Gasteiger partial charge in [-0.2, -0.15) is 0 Å². The Kier molecular flexibility index (Phi) is 3.76. The van der Waals surface area contributed by atoms with Crippen molar-refractivity contribution in [3.63, 3.8) is 0 Å². The number of fused-ring (bicyclic) bond motifs is 1. The number of hydrogen-bond acceptors (Lipinski definition) is 2. The Hall–Kier alpha value is -1.39. The topological polar surface area (TPSA) is 33.2 Å². The molecule has 0 fully saturated rings. The fourth-order valence-corrected chi connectivity index (χ4v) is 2.96. The van der Waals surface area contributed by atoms with E-state index >= 15 is 0 Å². The van der Waals surface area contributed by atoms with E-state index in [1.54, 1.807) is 24.4 Å². The lowest BCUT2D eigenvalue weighted by molar-refractivity contribution is 0.0732. The number of rotatable bonds is 1. The van der Waals surface area contributed by atoms with E-state index in [0.29, 0.717) is 23.7 Å². The molecule has 0 aliphatic carbocycles. The molecule has 0 saturated carbocycles. The Balaban J connectivity index is 1.88. The molecule has 1 aliphatic heterocycles. The maximum atomic E-state index is 12.6. The molecular weight excluding hydrogens is 340 g/mol. The van der Waals surface area contributed by atoms with E-state index in [-0.39, 0.29) is 5.91 Å². The average Bonchev–Trinajstić information content (AvgIpc) is 2.48. The molecule has 0 saturated heterocycles. The number of halogens is 2. The standard InChI is InChI=1S/C15H12BrClN2O/c16-13-4-3-11(17)8-12(13)15(20)19-7-5-14-10(9-19)2-1-6-18-14/h1-4,6,8H,5,7,9H2. The summed E-state index contributed by atoms with van der Waals surface area (Å²) in [5.74, 6) is -0.00567. The van der Waals surface area contributed by atoms with Gasteiger partial charge in [0.15, 0.2) is 0 Å². The second kappa shape index (κ2) is 5.54. The van der Waals surface area contributed by atoms with Crippen molar-refractivity contribution in [2.24, 2.45) is 0 Å². The van der Waals surface area contributed by atoms with Crippen LogP contribution in [0.15, 0.2) is 41.0 Å². The third-order valence-electron chi connectivity index (χ3n) is 3.41. The summed E-state index contributed by atoms with van der Waals surface area (Å²) in [5.41, 5.74) is 2.80. The van der Waals surface area contributed by atoms with E-state index < -0.39 is 0 Å². The van der Waals surface area contributed by atoms with Gasteiger partial charge in [0, 0.05) is 40.9 Å². The van der Waals surface area contributed by atoms with Crippen molar-refractivity contribution in [2.45, 2.75) is 13.0 Å². The minimum atomic E-state index is -0.00567. The maximum Gasteiger partial charge on any atom is 0.255 e. The highest BCUT2D eigenvalue weighted by Gasteiger charge is 2.23. The first-order chi connectivity index (χ1) is 9.65. The molecule has 0 N–H and O–H groups in total. The molecule has 5 heteroatoms. The molecule has 3 rings (SSSR count). The van der Waals surface area contributed by atoms with Crippen LogP contribution in [0, 0.1) is 0 Å². The Morgan fingerprint density at radius 2 is 2.20 bits per heavy atom. The van der Waals surface area contributed by atoms with Crippen molar-refractivity contribution < 1.29 is 4.79 Å². The van der Waals surface area contributed by atoms with Gasteiger partial charge in [0.1, 0.15) is 0 Å². The van der Waals surface area contributed by atoms with E-state index in [1.165, 1.54) is 0 Å². The highest BCUT2D eigenvalue weighted by molar-refractivity contribution is 9.10. The molecule has 0 atom stereocenters. The minimum absolute atomic E-state index is 0.00567. The van der Waals surface area contributed by atoms with Crippen LogP contribution in [0.5, 0.6) is 0 Å². The molecule has 1 amide bonds. The summed E-state index contributed by atoms with van der Waals surface area (Å²) < 4.78 is 0.767. The third-order valence-corrected chi connectivity index (χ3v) is 4.34. The Morgan fingerprint density at radius 1 is 1.35 bits per heavy atom. The molecule has 1 aliphatic rings. The van der Waals surface area contributed by atoms with Gasteiger partial charge in [-0.15, -0.1) is 0 Å². The first-order valence-electron chi connectivity index (χ1n) is 6.32. The van der Waals surface area contributed by atoms with E-state index in [0.717, 1.165) is 22.2 Å². The molecule has 3 nitrogen and oxygen atoms in total. The predicted octanol–water partition coefficient (Wildman–Crippen LogP) is 3.70. The van der Waals surface area contributed by atoms with Crippen LogP contribution >= 0.6 is 27.5 Å². The monoisotopic (exact) mass is 350 g/mol. The van der Waals surface area contributed by atoms with Gasteiger partial charge in [0.05, 0.1) is 5.56 Å². The van der Waals surface area contributed by atoms with Gasteiger partial charge in [-0.3, -0.25) is 9.78 Å². The van der Waals surface area contributed by atoms with Gasteiger partial charge in [-0.05, 0) is 45.8 Å². The molecule has 1 aromatic carbocycles. The average molecular weight is 352 g/mol. The van der Waals surface area contributed by atoms with E-state index in [2.05, 4.69) is 20.9 Å². The van der Waals surface area contributed by atoms with Crippen molar-refractivity contribution >= 4 is 33.4 Å². The van der Waals surface area contributed by atoms with E-state index in [9.17, 15) is 4.79 Å². The second-order valence-corrected chi connectivity index (χ2v) is 6.00. The molecule has 2 aromatic rings. The summed E-state index contributed by atoms with van der Waals surface area (Å²) in [5, 5.41) is 0.565. The normalized spacial score (nSPS) is 14.0. The van der Waals surface area contributed by atoms with Crippen LogP contribution in [0.25, 0.3) is 0 Å². The third kappa shape index (κ3) is 2.58. The second-order valence-electron chi connectivity index (χ2n) is 4.71. The lowest BCUT2D eigenvalue weighted by Gasteiger charge is -2.28. The fourth-order valence-electron chi connectivity index (χ4n) is 2.37. The summed E-state index contributed by atoms with van der Waals surface area (Å²) in [6.07, 6.45) is 2.59. The number of carbonyl (C=O) groups excluding carboxylic acids is 1. The van der Waals surface area contributed by atoms with Gasteiger partial charge in [-0.1, -0.05) is 17.7 Å². The molecular formula is C15H12BrClN2O. The molecule has 0 unspecified atom stereocenters. The number of benzene rings is 1. The van der Waals surface area contributed by atoms with Crippen LogP contribution in [0.1, 0.15) is 21.6 Å². The van der Waals surface area contributed by atoms with Gasteiger partial charge < -0.3 is 4.90 Å². The Bertz CT molecular complexity index is 675. The zero-order valence-electron chi connectivity index (χ0n) is 10.6. The summed E-state index contributed by atoms with van der Waals surface area (Å²) in [7, 11) is 0. The Labute approximate surface area is 130 Å². The highest BCUT2D eigenvalue weighted by Crippen LogP contribution is 2.25. The van der Waals surface area contributed by atoms with Crippen LogP contribution in [0.2, 0.25) is 5.02 Å². The van der Waals surface area contributed by atoms with Gasteiger partial charge in [-0.25, -0.2) is 0 Å². The summed E-state index contributed by atoms with van der Waals surface area (Å²) >= 11 is 9.39. The maximum absolute atomic E-state index is 12.6. The molecule has 1 aromatic heterocycles. The minimum Gasteiger partial charge on any atom is -0.334 e. The van der Waals surface area contributed by atoms with E-state index in [4.69, 9.17) is 11.6 Å². The summed E-state index contributed by atoms with van der Waals surface area (Å²) in [4.78, 5) is 18.8. The Morgan fingerprint density at radius 3 is 3.05 bits per heavy atom. The number of aromatic nitrogens is 1. The zero-order chi connectivity index (χ0) is 14.1. The largest absolute Gasteiger partial charge is 0.334 e. The quantitative estimate of drug-likeness (QED) is 0.785. The van der Waals surface area contributed by atoms with Gasteiger partial charge >= 0.3 is 0 Å². The van der Waals surface area contributed by atoms with Crippen molar-refractivity contribution in [1.82, 2.24) is 9.88 Å². The molecule has 0 radical (unpaired) electrons. The van der Waals surface area contributed by atoms with Crippen molar-refractivity contribution in [1.29, 1.82) is 0 Å². The first-order valence-corrected chi connectivity index (χ1v) is 7.49. The summed E-state index contributed by atoms with van der Waals surface area (Å²) in [6, 6.07) is 9.19. The molecule has 0 bridgehead atoms. The van der Waals surface area contributed by atoms with Crippen LogP contribution in [0.4, 0.5) is 0 Å². The van der Waals surface area contributed by atoms with Crippen molar-refractivity contribution in [3.05, 3.63) is 62.8 Å². The fraction of sp³-hybridized carbons (Fsp3) is 0.200. The number of nitrogens with zero attached hydrogens (tertiary/aromatic N) is 2.